The van der Waals surface area contributed by atoms with Gasteiger partial charge in [0, 0.05) is 11.0 Å². The Balaban J connectivity index is 1.81. The molecule has 0 aromatic heterocycles. The summed E-state index contributed by atoms with van der Waals surface area (Å²) in [5.74, 6) is -12.3. The molecule has 32 heavy (non-hydrogen) atoms. The van der Waals surface area contributed by atoms with Crippen molar-refractivity contribution in [2.75, 3.05) is 0 Å². The van der Waals surface area contributed by atoms with Gasteiger partial charge in [-0.25, -0.2) is 4.79 Å². The molecular formula is C22H29F5O5. The predicted octanol–water partition coefficient (Wildman–Crippen LogP) is 4.73. The van der Waals surface area contributed by atoms with Gasteiger partial charge in [0.05, 0.1) is 0 Å². The molecule has 0 amide bonds. The summed E-state index contributed by atoms with van der Waals surface area (Å²) < 4.78 is 89.7. The van der Waals surface area contributed by atoms with E-state index in [4.69, 9.17) is 9.47 Å². The van der Waals surface area contributed by atoms with Crippen LogP contribution in [0.2, 0.25) is 0 Å². The minimum absolute atomic E-state index is 0.0700. The van der Waals surface area contributed by atoms with Gasteiger partial charge < -0.3 is 19.3 Å². The first kappa shape index (κ1) is 23.9. The maximum absolute atomic E-state index is 15.9. The Morgan fingerprint density at radius 1 is 1.06 bits per heavy atom. The van der Waals surface area contributed by atoms with Gasteiger partial charge in [-0.05, 0) is 56.8 Å². The number of ether oxygens (including phenoxy) is 3. The molecule has 1 saturated heterocycles. The molecule has 10 heteroatoms. The molecule has 5 rings (SSSR count). The zero-order valence-electron chi connectivity index (χ0n) is 18.5. The third-order valence-electron chi connectivity index (χ3n) is 7.59. The van der Waals surface area contributed by atoms with Gasteiger partial charge in [0.2, 0.25) is 0 Å². The van der Waals surface area contributed by atoms with Gasteiger partial charge in [-0.2, -0.15) is 22.0 Å². The largest absolute Gasteiger partial charge is 0.456 e. The second-order valence-corrected chi connectivity index (χ2v) is 11.1. The molecule has 4 saturated carbocycles. The van der Waals surface area contributed by atoms with Crippen molar-refractivity contribution in [2.24, 2.45) is 23.2 Å². The maximum Gasteiger partial charge on any atom is 0.449 e. The van der Waals surface area contributed by atoms with E-state index in [1.165, 1.54) is 27.7 Å². The molecule has 4 atom stereocenters. The van der Waals surface area contributed by atoms with Crippen molar-refractivity contribution in [3.63, 3.8) is 0 Å². The van der Waals surface area contributed by atoms with Crippen LogP contribution in [-0.2, 0) is 19.0 Å². The first-order chi connectivity index (χ1) is 14.4. The van der Waals surface area contributed by atoms with Crippen LogP contribution < -0.4 is 0 Å². The van der Waals surface area contributed by atoms with Crippen molar-refractivity contribution in [3.8, 4) is 0 Å². The number of halogens is 5. The average molecular weight is 468 g/mol. The Morgan fingerprint density at radius 3 is 2.03 bits per heavy atom. The molecule has 5 fully saturated rings. The fraction of sp³-hybridized carbons (Fsp3) is 0.864. The summed E-state index contributed by atoms with van der Waals surface area (Å²) in [6, 6.07) is 0. The van der Waals surface area contributed by atoms with E-state index in [0.717, 1.165) is 0 Å². The molecule has 0 aromatic carbocycles. The van der Waals surface area contributed by atoms with Crippen LogP contribution in [0.25, 0.3) is 0 Å². The number of carbonyl (C=O) groups is 1. The maximum atomic E-state index is 15.9. The van der Waals surface area contributed by atoms with Crippen LogP contribution in [0.15, 0.2) is 12.2 Å². The molecule has 4 unspecified atom stereocenters. The summed E-state index contributed by atoms with van der Waals surface area (Å²) in [6.45, 7) is 9.51. The van der Waals surface area contributed by atoms with Crippen LogP contribution in [-0.4, -0.2) is 46.5 Å². The third-order valence-corrected chi connectivity index (χ3v) is 7.59. The number of carbonyl (C=O) groups excluding carboxylic acids is 1. The molecule has 1 spiro atoms. The lowest BCUT2D eigenvalue weighted by Crippen LogP contribution is -2.83. The lowest BCUT2D eigenvalue weighted by atomic mass is 9.46. The second kappa shape index (κ2) is 6.66. The fourth-order valence-corrected chi connectivity index (χ4v) is 6.38. The smallest absolute Gasteiger partial charge is 0.449 e. The number of aliphatic hydroxyl groups is 1. The topological polar surface area (TPSA) is 65.0 Å². The molecule has 4 bridgehead atoms. The quantitative estimate of drug-likeness (QED) is 0.361. The highest BCUT2D eigenvalue weighted by molar-refractivity contribution is 5.87. The molecule has 5 nitrogen and oxygen atoms in total. The summed E-state index contributed by atoms with van der Waals surface area (Å²) in [5.41, 5.74) is -4.61. The molecular weight excluding hydrogens is 439 g/mol. The average Bonchev–Trinajstić information content (AvgIpc) is 2.59. The molecule has 5 aliphatic rings. The molecule has 182 valence electrons. The number of alkyl halides is 5. The zero-order chi connectivity index (χ0) is 24.1. The van der Waals surface area contributed by atoms with Crippen molar-refractivity contribution < 1.29 is 46.1 Å². The summed E-state index contributed by atoms with van der Waals surface area (Å²) in [5, 5.41) is 10.4. The van der Waals surface area contributed by atoms with Crippen molar-refractivity contribution >= 4 is 5.97 Å². The standard InChI is InChI=1S/C22H29F5O5/c1-11(2)15(28)30-18-8-12-6-13(9-18)19(14(7-12)10-18)20(23,24)21(29,22(25,26)27)32-16(31-19)17(3,4)5/h12-14,16,29H,1,6-10H2,2-5H3. The predicted molar refractivity (Wildman–Crippen MR) is 101 cm³/mol. The van der Waals surface area contributed by atoms with Gasteiger partial charge in [0.25, 0.3) is 0 Å². The first-order valence-corrected chi connectivity index (χ1v) is 10.8. The van der Waals surface area contributed by atoms with E-state index in [0.29, 0.717) is 6.42 Å². The van der Waals surface area contributed by atoms with Gasteiger partial charge in [0.15, 0.2) is 6.29 Å². The Labute approximate surface area is 183 Å². The summed E-state index contributed by atoms with van der Waals surface area (Å²) in [4.78, 5) is 12.2. The minimum atomic E-state index is -5.75. The van der Waals surface area contributed by atoms with Crippen LogP contribution in [0.3, 0.4) is 0 Å². The highest BCUT2D eigenvalue weighted by Gasteiger charge is 2.87. The lowest BCUT2D eigenvalue weighted by Gasteiger charge is -2.68. The van der Waals surface area contributed by atoms with Crippen molar-refractivity contribution in [1.29, 1.82) is 0 Å². The van der Waals surface area contributed by atoms with E-state index >= 15 is 8.78 Å². The monoisotopic (exact) mass is 468 g/mol. The van der Waals surface area contributed by atoms with Crippen LogP contribution >= 0.6 is 0 Å². The number of hydrogen-bond donors (Lipinski definition) is 1. The van der Waals surface area contributed by atoms with Crippen molar-refractivity contribution in [2.45, 2.75) is 95.2 Å². The van der Waals surface area contributed by atoms with E-state index in [2.05, 4.69) is 11.3 Å². The fourth-order valence-electron chi connectivity index (χ4n) is 6.38. The summed E-state index contributed by atoms with van der Waals surface area (Å²) in [7, 11) is 0. The number of esters is 1. The van der Waals surface area contributed by atoms with Crippen LogP contribution in [0.5, 0.6) is 0 Å². The van der Waals surface area contributed by atoms with Crippen LogP contribution in [0.4, 0.5) is 22.0 Å². The normalized spacial score (nSPS) is 45.2. The number of rotatable bonds is 2. The molecule has 1 heterocycles. The van der Waals surface area contributed by atoms with Crippen molar-refractivity contribution in [3.05, 3.63) is 12.2 Å². The molecule has 0 aromatic rings. The first-order valence-electron chi connectivity index (χ1n) is 10.8. The Bertz CT molecular complexity index is 816. The Kier molecular flexibility index (Phi) is 4.97. The highest BCUT2D eigenvalue weighted by atomic mass is 19.4. The van der Waals surface area contributed by atoms with Crippen LogP contribution in [0, 0.1) is 23.2 Å². The molecule has 1 N–H and O–H groups in total. The molecule has 0 radical (unpaired) electrons. The number of hydrogen-bond acceptors (Lipinski definition) is 5. The highest BCUT2D eigenvalue weighted by Crippen LogP contribution is 2.70. The molecule has 4 aliphatic carbocycles. The van der Waals surface area contributed by atoms with Gasteiger partial charge in [-0.15, -0.1) is 0 Å². The minimum Gasteiger partial charge on any atom is -0.456 e. The van der Waals surface area contributed by atoms with E-state index in [1.807, 2.05) is 0 Å². The van der Waals surface area contributed by atoms with Gasteiger partial charge in [-0.3, -0.25) is 0 Å². The Hall–Kier alpha value is -1.26. The van der Waals surface area contributed by atoms with E-state index in [-0.39, 0.29) is 37.2 Å². The second-order valence-electron chi connectivity index (χ2n) is 11.1. The third kappa shape index (κ3) is 3.01. The van der Waals surface area contributed by atoms with Crippen LogP contribution in [0.1, 0.15) is 59.8 Å². The van der Waals surface area contributed by atoms with Gasteiger partial charge in [-0.1, -0.05) is 27.4 Å². The Morgan fingerprint density at radius 2 is 1.59 bits per heavy atom. The summed E-state index contributed by atoms with van der Waals surface area (Å²) >= 11 is 0. The lowest BCUT2D eigenvalue weighted by molar-refractivity contribution is -0.549. The zero-order valence-corrected chi connectivity index (χ0v) is 18.5. The summed E-state index contributed by atoms with van der Waals surface area (Å²) in [6.07, 6.45) is -6.76. The van der Waals surface area contributed by atoms with Gasteiger partial charge >= 0.3 is 23.9 Å². The van der Waals surface area contributed by atoms with Crippen molar-refractivity contribution in [1.82, 2.24) is 0 Å². The van der Waals surface area contributed by atoms with E-state index in [1.54, 1.807) is 0 Å². The van der Waals surface area contributed by atoms with Gasteiger partial charge in [0.1, 0.15) is 11.2 Å². The SMILES string of the molecule is C=C(C)C(=O)OC12CC3CC(C1)C1(OC(C(C)(C)C)OC(O)(C(F)(F)F)C1(F)F)C(C3)C2. The van der Waals surface area contributed by atoms with E-state index in [9.17, 15) is 23.1 Å². The van der Waals surface area contributed by atoms with E-state index < -0.39 is 58.6 Å². The molecule has 1 aliphatic heterocycles.